The molecule has 0 spiro atoms. The van der Waals surface area contributed by atoms with Crippen molar-refractivity contribution in [3.63, 3.8) is 0 Å². The molecule has 2 heterocycles. The minimum atomic E-state index is -3.76. The average molecular weight is 468 g/mol. The Kier molecular flexibility index (Phi) is 7.19. The van der Waals surface area contributed by atoms with E-state index in [2.05, 4.69) is 10.9 Å². The molecule has 1 aliphatic rings. The van der Waals surface area contributed by atoms with E-state index < -0.39 is 27.9 Å². The van der Waals surface area contributed by atoms with Crippen molar-refractivity contribution in [3.05, 3.63) is 41.3 Å². The van der Waals surface area contributed by atoms with Crippen LogP contribution in [0, 0.1) is 0 Å². The fraction of sp³-hybridized carbons (Fsp3) is 0.400. The zero-order chi connectivity index (χ0) is 22.6. The van der Waals surface area contributed by atoms with Gasteiger partial charge in [0, 0.05) is 12.1 Å². The van der Waals surface area contributed by atoms with Crippen LogP contribution >= 0.6 is 11.3 Å². The second-order valence-electron chi connectivity index (χ2n) is 7.18. The molecule has 31 heavy (non-hydrogen) atoms. The average Bonchev–Trinajstić information content (AvgIpc) is 3.44. The van der Waals surface area contributed by atoms with Gasteiger partial charge in [-0.3, -0.25) is 20.4 Å². The summed E-state index contributed by atoms with van der Waals surface area (Å²) in [5, 5.41) is 1.67. The maximum atomic E-state index is 12.8. The molecule has 0 radical (unpaired) electrons. The Labute approximate surface area is 185 Å². The lowest BCUT2D eigenvalue weighted by Gasteiger charge is -2.22. The van der Waals surface area contributed by atoms with Crippen molar-refractivity contribution in [2.75, 3.05) is 13.7 Å². The highest BCUT2D eigenvalue weighted by Crippen LogP contribution is 2.30. The van der Waals surface area contributed by atoms with Gasteiger partial charge in [-0.2, -0.15) is 4.31 Å². The van der Waals surface area contributed by atoms with Gasteiger partial charge in [-0.05, 0) is 56.3 Å². The lowest BCUT2D eigenvalue weighted by atomic mass is 10.2. The van der Waals surface area contributed by atoms with Crippen molar-refractivity contribution in [2.45, 2.75) is 43.0 Å². The Balaban J connectivity index is 1.65. The van der Waals surface area contributed by atoms with Gasteiger partial charge in [-0.25, -0.2) is 8.42 Å². The van der Waals surface area contributed by atoms with E-state index in [9.17, 15) is 18.0 Å². The third-order valence-corrected chi connectivity index (χ3v) is 7.93. The number of hydrogen-bond donors (Lipinski definition) is 2. The van der Waals surface area contributed by atoms with Crippen LogP contribution in [0.15, 0.2) is 39.9 Å². The fourth-order valence-electron chi connectivity index (χ4n) is 3.25. The molecule has 2 amide bonds. The molecule has 0 bridgehead atoms. The van der Waals surface area contributed by atoms with E-state index in [-0.39, 0.29) is 22.4 Å². The summed E-state index contributed by atoms with van der Waals surface area (Å²) < 4.78 is 37.8. The van der Waals surface area contributed by atoms with E-state index in [1.54, 1.807) is 23.6 Å². The number of ether oxygens (including phenoxy) is 2. The summed E-state index contributed by atoms with van der Waals surface area (Å²) in [5.74, 6) is -0.263. The zero-order valence-electron chi connectivity index (χ0n) is 17.5. The van der Waals surface area contributed by atoms with Gasteiger partial charge in [-0.15, -0.1) is 11.3 Å². The number of benzene rings is 1. The van der Waals surface area contributed by atoms with Crippen LogP contribution in [-0.4, -0.2) is 50.3 Å². The quantitative estimate of drug-likeness (QED) is 0.603. The molecule has 11 heteroatoms. The summed E-state index contributed by atoms with van der Waals surface area (Å²) in [7, 11) is -2.29. The zero-order valence-corrected chi connectivity index (χ0v) is 19.1. The molecule has 1 saturated heterocycles. The SMILES string of the molecule is COc1cc(C(=O)NNC(=O)C2CCCN2S(=O)(=O)c2cccs2)ccc1OC(C)C. The van der Waals surface area contributed by atoms with Gasteiger partial charge < -0.3 is 9.47 Å². The standard InChI is InChI=1S/C20H25N3O6S2/c1-13(2)29-16-9-8-14(12-17(16)28-3)19(24)21-22-20(25)15-6-4-10-23(15)31(26,27)18-7-5-11-30-18/h5,7-9,11-13,15H,4,6,10H2,1-3H3,(H,21,24)(H,22,25). The van der Waals surface area contributed by atoms with Crippen LogP contribution in [-0.2, 0) is 14.8 Å². The molecule has 0 saturated carbocycles. The number of rotatable bonds is 7. The number of thiophene rings is 1. The normalized spacial score (nSPS) is 16.8. The Morgan fingerprint density at radius 2 is 1.97 bits per heavy atom. The van der Waals surface area contributed by atoms with Crippen LogP contribution in [0.5, 0.6) is 11.5 Å². The van der Waals surface area contributed by atoms with E-state index >= 15 is 0 Å². The molecule has 1 unspecified atom stereocenters. The number of carbonyl (C=O) groups excluding carboxylic acids is 2. The van der Waals surface area contributed by atoms with Gasteiger partial charge in [-0.1, -0.05) is 6.07 Å². The maximum Gasteiger partial charge on any atom is 0.269 e. The third kappa shape index (κ3) is 5.17. The van der Waals surface area contributed by atoms with Gasteiger partial charge in [0.1, 0.15) is 10.3 Å². The molecule has 2 N–H and O–H groups in total. The lowest BCUT2D eigenvalue weighted by Crippen LogP contribution is -2.51. The van der Waals surface area contributed by atoms with Crippen molar-refractivity contribution >= 4 is 33.2 Å². The highest BCUT2D eigenvalue weighted by Gasteiger charge is 2.40. The predicted molar refractivity (Wildman–Crippen MR) is 116 cm³/mol. The first-order valence-corrected chi connectivity index (χ1v) is 12.1. The van der Waals surface area contributed by atoms with Gasteiger partial charge in [0.15, 0.2) is 11.5 Å². The second kappa shape index (κ2) is 9.67. The maximum absolute atomic E-state index is 12.8. The number of nitrogens with zero attached hydrogens (tertiary/aromatic N) is 1. The molecule has 2 aromatic rings. The van der Waals surface area contributed by atoms with Gasteiger partial charge >= 0.3 is 0 Å². The summed E-state index contributed by atoms with van der Waals surface area (Å²) in [6.45, 7) is 4.00. The van der Waals surface area contributed by atoms with Gasteiger partial charge in [0.05, 0.1) is 13.2 Å². The van der Waals surface area contributed by atoms with E-state index in [0.717, 1.165) is 11.3 Å². The fourth-order valence-corrected chi connectivity index (χ4v) is 6.03. The third-order valence-electron chi connectivity index (χ3n) is 4.65. The first-order valence-electron chi connectivity index (χ1n) is 9.74. The number of methoxy groups -OCH3 is 1. The van der Waals surface area contributed by atoms with Gasteiger partial charge in [0.25, 0.3) is 21.8 Å². The number of carbonyl (C=O) groups is 2. The molecule has 168 valence electrons. The largest absolute Gasteiger partial charge is 0.493 e. The molecule has 3 rings (SSSR count). The Morgan fingerprint density at radius 3 is 2.61 bits per heavy atom. The van der Waals surface area contributed by atoms with Crippen molar-refractivity contribution in [1.82, 2.24) is 15.2 Å². The topological polar surface area (TPSA) is 114 Å². The van der Waals surface area contributed by atoms with Crippen LogP contribution in [0.3, 0.4) is 0 Å². The molecule has 9 nitrogen and oxygen atoms in total. The molecule has 1 aromatic heterocycles. The second-order valence-corrected chi connectivity index (χ2v) is 10.2. The molecule has 1 aliphatic heterocycles. The smallest absolute Gasteiger partial charge is 0.269 e. The monoisotopic (exact) mass is 467 g/mol. The van der Waals surface area contributed by atoms with Crippen LogP contribution in [0.4, 0.5) is 0 Å². The van der Waals surface area contributed by atoms with Crippen LogP contribution < -0.4 is 20.3 Å². The highest BCUT2D eigenvalue weighted by atomic mass is 32.2. The number of hydrazine groups is 1. The van der Waals surface area contributed by atoms with Crippen molar-refractivity contribution in [2.24, 2.45) is 0 Å². The van der Waals surface area contributed by atoms with E-state index in [1.165, 1.54) is 23.5 Å². The molecule has 1 aromatic carbocycles. The highest BCUT2D eigenvalue weighted by molar-refractivity contribution is 7.91. The number of nitrogens with one attached hydrogen (secondary N) is 2. The predicted octanol–water partition coefficient (Wildman–Crippen LogP) is 2.16. The Morgan fingerprint density at radius 1 is 1.19 bits per heavy atom. The van der Waals surface area contributed by atoms with E-state index in [1.807, 2.05) is 13.8 Å². The Bertz CT molecular complexity index is 1040. The summed E-state index contributed by atoms with van der Waals surface area (Å²) in [4.78, 5) is 25.1. The van der Waals surface area contributed by atoms with E-state index in [4.69, 9.17) is 9.47 Å². The molecule has 1 fully saturated rings. The molecule has 0 aliphatic carbocycles. The van der Waals surface area contributed by atoms with Crippen molar-refractivity contribution < 1.29 is 27.5 Å². The van der Waals surface area contributed by atoms with Crippen LogP contribution in [0.2, 0.25) is 0 Å². The number of amides is 2. The van der Waals surface area contributed by atoms with Crippen molar-refractivity contribution in [3.8, 4) is 11.5 Å². The lowest BCUT2D eigenvalue weighted by molar-refractivity contribution is -0.125. The molecular weight excluding hydrogens is 442 g/mol. The van der Waals surface area contributed by atoms with Crippen molar-refractivity contribution in [1.29, 1.82) is 0 Å². The van der Waals surface area contributed by atoms with E-state index in [0.29, 0.717) is 24.3 Å². The first kappa shape index (κ1) is 23.0. The summed E-state index contributed by atoms with van der Waals surface area (Å²) in [6, 6.07) is 6.93. The minimum Gasteiger partial charge on any atom is -0.493 e. The molecule has 1 atom stereocenters. The Hall–Kier alpha value is -2.63. The summed E-state index contributed by atoms with van der Waals surface area (Å²) >= 11 is 1.10. The number of hydrogen-bond acceptors (Lipinski definition) is 7. The molecular formula is C20H25N3O6S2. The van der Waals surface area contributed by atoms with Crippen LogP contribution in [0.25, 0.3) is 0 Å². The van der Waals surface area contributed by atoms with Gasteiger partial charge in [0.2, 0.25) is 0 Å². The summed E-state index contributed by atoms with van der Waals surface area (Å²) in [5.41, 5.74) is 4.93. The summed E-state index contributed by atoms with van der Waals surface area (Å²) in [6.07, 6.45) is 0.875. The van der Waals surface area contributed by atoms with Crippen LogP contribution in [0.1, 0.15) is 37.0 Å². The first-order chi connectivity index (χ1) is 14.7. The number of sulfonamides is 1. The minimum absolute atomic E-state index is 0.0623.